The predicted molar refractivity (Wildman–Crippen MR) is 105 cm³/mol. The molecule has 24 heavy (non-hydrogen) atoms. The Kier molecular flexibility index (Phi) is 17.3. The van der Waals surface area contributed by atoms with Gasteiger partial charge in [0.2, 0.25) is 0 Å². The molecule has 0 aliphatic carbocycles. The molecule has 0 rings (SSSR count). The summed E-state index contributed by atoms with van der Waals surface area (Å²) in [6.45, 7) is 2.15. The Labute approximate surface area is 147 Å². The van der Waals surface area contributed by atoms with E-state index in [0.717, 1.165) is 38.5 Å². The van der Waals surface area contributed by atoms with Gasteiger partial charge in [-0.25, -0.2) is 0 Å². The van der Waals surface area contributed by atoms with Gasteiger partial charge in [0, 0.05) is 6.42 Å². The molecule has 0 aliphatic rings. The molecule has 0 heterocycles. The monoisotopic (exact) mass is 328 g/mol. The minimum atomic E-state index is -0.741. The van der Waals surface area contributed by atoms with Crippen molar-refractivity contribution in [1.29, 1.82) is 0 Å². The van der Waals surface area contributed by atoms with Crippen molar-refractivity contribution in [1.82, 2.24) is 0 Å². The number of hydrogen-bond donors (Lipinski definition) is 1. The van der Waals surface area contributed by atoms with Crippen molar-refractivity contribution in [2.45, 2.75) is 58.3 Å². The van der Waals surface area contributed by atoms with Crippen LogP contribution in [-0.2, 0) is 4.79 Å². The molecule has 0 aliphatic heterocycles. The van der Waals surface area contributed by atoms with E-state index in [2.05, 4.69) is 67.7 Å². The standard InChI is InChI=1S/C22H32O2/c1-2-3-4-5-6-7-8-9-10-11-12-13-14-15-16-17-18-19-20-21-22(23)24/h3-4,6-7,9-10,12-13,15-16,18-19H,2,5,8,11,14,17,20-21H2,1H3,(H,23,24)/b4-3-,7-6-,10-9+,13-12-,16-15+,19-18+. The average molecular weight is 328 g/mol. The molecule has 132 valence electrons. The highest BCUT2D eigenvalue weighted by Gasteiger charge is 1.90. The minimum Gasteiger partial charge on any atom is -0.481 e. The molecule has 0 amide bonds. The smallest absolute Gasteiger partial charge is 0.303 e. The molecule has 0 aromatic rings. The largest absolute Gasteiger partial charge is 0.481 e. The highest BCUT2D eigenvalue weighted by atomic mass is 16.4. The van der Waals surface area contributed by atoms with Crippen molar-refractivity contribution in [2.75, 3.05) is 0 Å². The summed E-state index contributed by atoms with van der Waals surface area (Å²) in [6.07, 6.45) is 32.5. The summed E-state index contributed by atoms with van der Waals surface area (Å²) in [5.74, 6) is -0.741. The fourth-order valence-electron chi connectivity index (χ4n) is 1.85. The summed E-state index contributed by atoms with van der Waals surface area (Å²) in [4.78, 5) is 10.3. The third-order valence-electron chi connectivity index (χ3n) is 3.12. The molecule has 1 N–H and O–H groups in total. The normalized spacial score (nSPS) is 13.0. The van der Waals surface area contributed by atoms with Crippen LogP contribution >= 0.6 is 0 Å². The zero-order valence-corrected chi connectivity index (χ0v) is 14.9. The summed E-state index contributed by atoms with van der Waals surface area (Å²) < 4.78 is 0. The highest BCUT2D eigenvalue weighted by molar-refractivity contribution is 5.66. The fraction of sp³-hybridized carbons (Fsp3) is 0.409. The van der Waals surface area contributed by atoms with Crippen molar-refractivity contribution in [3.05, 3.63) is 72.9 Å². The molecular weight excluding hydrogens is 296 g/mol. The van der Waals surface area contributed by atoms with Crippen LogP contribution in [0.2, 0.25) is 0 Å². The Hall–Kier alpha value is -2.09. The van der Waals surface area contributed by atoms with Crippen LogP contribution in [0, 0.1) is 0 Å². The maximum atomic E-state index is 10.3. The van der Waals surface area contributed by atoms with Crippen LogP contribution in [0.3, 0.4) is 0 Å². The first-order valence-corrected chi connectivity index (χ1v) is 8.89. The lowest BCUT2D eigenvalue weighted by atomic mass is 10.2. The van der Waals surface area contributed by atoms with Gasteiger partial charge >= 0.3 is 5.97 Å². The van der Waals surface area contributed by atoms with Crippen molar-refractivity contribution in [2.24, 2.45) is 0 Å². The number of carboxylic acids is 1. The van der Waals surface area contributed by atoms with Crippen LogP contribution in [0.5, 0.6) is 0 Å². The van der Waals surface area contributed by atoms with Gasteiger partial charge in [-0.2, -0.15) is 0 Å². The van der Waals surface area contributed by atoms with Crippen LogP contribution in [0.4, 0.5) is 0 Å². The molecule has 0 bridgehead atoms. The Morgan fingerprint density at radius 1 is 0.625 bits per heavy atom. The molecule has 2 nitrogen and oxygen atoms in total. The first-order chi connectivity index (χ1) is 11.8. The van der Waals surface area contributed by atoms with Gasteiger partial charge in [0.1, 0.15) is 0 Å². The number of rotatable bonds is 14. The van der Waals surface area contributed by atoms with Crippen LogP contribution in [0.25, 0.3) is 0 Å². The maximum Gasteiger partial charge on any atom is 0.303 e. The van der Waals surface area contributed by atoms with E-state index in [1.54, 1.807) is 0 Å². The van der Waals surface area contributed by atoms with Gasteiger partial charge < -0.3 is 5.11 Å². The Balaban J connectivity index is 3.51. The minimum absolute atomic E-state index is 0.210. The lowest BCUT2D eigenvalue weighted by molar-refractivity contribution is -0.136. The second kappa shape index (κ2) is 19.0. The molecule has 2 heteroatoms. The predicted octanol–water partition coefficient (Wildman–Crippen LogP) is 6.55. The van der Waals surface area contributed by atoms with Crippen molar-refractivity contribution < 1.29 is 9.90 Å². The summed E-state index contributed by atoms with van der Waals surface area (Å²) >= 11 is 0. The van der Waals surface area contributed by atoms with Gasteiger partial charge in [-0.05, 0) is 44.9 Å². The van der Waals surface area contributed by atoms with E-state index in [1.165, 1.54) is 0 Å². The second-order valence-corrected chi connectivity index (χ2v) is 5.35. The van der Waals surface area contributed by atoms with E-state index in [0.29, 0.717) is 6.42 Å². The summed E-state index contributed by atoms with van der Waals surface area (Å²) in [5, 5.41) is 8.49. The third-order valence-corrected chi connectivity index (χ3v) is 3.12. The molecule has 0 aromatic heterocycles. The van der Waals surface area contributed by atoms with Gasteiger partial charge in [-0.1, -0.05) is 79.8 Å². The van der Waals surface area contributed by atoms with Gasteiger partial charge in [-0.15, -0.1) is 0 Å². The molecule has 0 saturated heterocycles. The van der Waals surface area contributed by atoms with E-state index in [9.17, 15) is 4.79 Å². The number of aliphatic carboxylic acids is 1. The molecule has 0 aromatic carbocycles. The van der Waals surface area contributed by atoms with Crippen LogP contribution in [0.15, 0.2) is 72.9 Å². The van der Waals surface area contributed by atoms with E-state index in [1.807, 2.05) is 12.2 Å². The zero-order chi connectivity index (χ0) is 17.7. The number of carbonyl (C=O) groups is 1. The Bertz CT molecular complexity index is 462. The molecule has 0 unspecified atom stereocenters. The first-order valence-electron chi connectivity index (χ1n) is 8.89. The quantitative estimate of drug-likeness (QED) is 0.367. The van der Waals surface area contributed by atoms with Crippen molar-refractivity contribution in [3.63, 3.8) is 0 Å². The fourth-order valence-corrected chi connectivity index (χ4v) is 1.85. The topological polar surface area (TPSA) is 37.3 Å². The van der Waals surface area contributed by atoms with E-state index < -0.39 is 5.97 Å². The summed E-state index contributed by atoms with van der Waals surface area (Å²) in [7, 11) is 0. The average Bonchev–Trinajstić information content (AvgIpc) is 2.56. The number of hydrogen-bond acceptors (Lipinski definition) is 1. The molecular formula is C22H32O2. The number of allylic oxidation sites excluding steroid dienone is 12. The maximum absolute atomic E-state index is 10.3. The van der Waals surface area contributed by atoms with Crippen LogP contribution < -0.4 is 0 Å². The summed E-state index contributed by atoms with van der Waals surface area (Å²) in [5.41, 5.74) is 0. The Morgan fingerprint density at radius 3 is 1.29 bits per heavy atom. The molecule has 0 fully saturated rings. The number of carboxylic acid groups (broad SMARTS) is 1. The van der Waals surface area contributed by atoms with Crippen molar-refractivity contribution in [3.8, 4) is 0 Å². The van der Waals surface area contributed by atoms with Crippen LogP contribution in [0.1, 0.15) is 58.3 Å². The van der Waals surface area contributed by atoms with Crippen LogP contribution in [-0.4, -0.2) is 11.1 Å². The van der Waals surface area contributed by atoms with Gasteiger partial charge in [0.15, 0.2) is 0 Å². The molecule has 0 saturated carbocycles. The third kappa shape index (κ3) is 19.9. The Morgan fingerprint density at radius 2 is 0.958 bits per heavy atom. The second-order valence-electron chi connectivity index (χ2n) is 5.35. The van der Waals surface area contributed by atoms with Crippen molar-refractivity contribution >= 4 is 5.97 Å². The lowest BCUT2D eigenvalue weighted by Gasteiger charge is -1.87. The van der Waals surface area contributed by atoms with Gasteiger partial charge in [0.25, 0.3) is 0 Å². The highest BCUT2D eigenvalue weighted by Crippen LogP contribution is 1.97. The van der Waals surface area contributed by atoms with E-state index in [4.69, 9.17) is 5.11 Å². The van der Waals surface area contributed by atoms with Gasteiger partial charge in [-0.3, -0.25) is 4.79 Å². The zero-order valence-electron chi connectivity index (χ0n) is 14.9. The SMILES string of the molecule is CC/C=C\C/C=C\C/C=C/C/C=C\C/C=C/C/C=C/CCC(=O)O. The first kappa shape index (κ1) is 21.9. The molecule has 0 atom stereocenters. The molecule has 0 spiro atoms. The van der Waals surface area contributed by atoms with Gasteiger partial charge in [0.05, 0.1) is 0 Å². The van der Waals surface area contributed by atoms with E-state index in [-0.39, 0.29) is 6.42 Å². The molecule has 0 radical (unpaired) electrons. The van der Waals surface area contributed by atoms with E-state index >= 15 is 0 Å². The summed E-state index contributed by atoms with van der Waals surface area (Å²) in [6, 6.07) is 0. The lowest BCUT2D eigenvalue weighted by Crippen LogP contribution is -1.91.